The average molecular weight is 453 g/mol. The van der Waals surface area contributed by atoms with Crippen molar-refractivity contribution in [1.29, 1.82) is 5.41 Å². The van der Waals surface area contributed by atoms with Gasteiger partial charge in [0.15, 0.2) is 0 Å². The van der Waals surface area contributed by atoms with Crippen molar-refractivity contribution in [2.45, 2.75) is 13.5 Å². The van der Waals surface area contributed by atoms with Crippen molar-refractivity contribution < 1.29 is 13.2 Å². The summed E-state index contributed by atoms with van der Waals surface area (Å²) in [5.41, 5.74) is 8.73. The molecule has 0 aliphatic heterocycles. The second-order valence-corrected chi connectivity index (χ2v) is 8.43. The number of hydrogen-bond acceptors (Lipinski definition) is 5. The van der Waals surface area contributed by atoms with E-state index in [0.717, 1.165) is 23.1 Å². The first-order valence-corrected chi connectivity index (χ1v) is 11.2. The van der Waals surface area contributed by atoms with E-state index in [4.69, 9.17) is 15.9 Å². The predicted octanol–water partition coefficient (Wildman–Crippen LogP) is 3.03. The van der Waals surface area contributed by atoms with Crippen LogP contribution in [0.2, 0.25) is 0 Å². The summed E-state index contributed by atoms with van der Waals surface area (Å²) in [6, 6.07) is 16.8. The lowest BCUT2D eigenvalue weighted by Gasteiger charge is -2.07. The van der Waals surface area contributed by atoms with Crippen molar-refractivity contribution in [3.8, 4) is 22.8 Å². The number of ether oxygens (including phenoxy) is 1. The number of rotatable bonds is 10. The third-order valence-electron chi connectivity index (χ3n) is 4.62. The molecule has 0 amide bonds. The molecule has 166 valence electrons. The number of amidine groups is 1. The van der Waals surface area contributed by atoms with Crippen LogP contribution < -0.4 is 15.2 Å². The van der Waals surface area contributed by atoms with Crippen LogP contribution in [0.4, 0.5) is 0 Å². The normalized spacial score (nSPS) is 11.8. The maximum absolute atomic E-state index is 11.6. The molecule has 0 aliphatic rings. The second kappa shape index (κ2) is 10.0. The quantitative estimate of drug-likeness (QED) is 0.321. The van der Waals surface area contributed by atoms with E-state index in [9.17, 15) is 8.42 Å². The molecule has 0 spiro atoms. The minimum Gasteiger partial charge on any atom is -0.457 e. The van der Waals surface area contributed by atoms with Crippen LogP contribution in [0, 0.1) is 12.3 Å². The molecule has 10 heteroatoms. The van der Waals surface area contributed by atoms with Crippen molar-refractivity contribution in [3.05, 3.63) is 77.8 Å². The summed E-state index contributed by atoms with van der Waals surface area (Å²) in [5, 5.41) is 12.7. The zero-order valence-electron chi connectivity index (χ0n) is 17.5. The van der Waals surface area contributed by atoms with Crippen molar-refractivity contribution in [1.82, 2.24) is 14.5 Å². The number of hydrogen-bond donors (Lipinski definition) is 3. The van der Waals surface area contributed by atoms with E-state index in [1.54, 1.807) is 4.68 Å². The molecular formula is C22H24N6O3S. The Morgan fingerprint density at radius 2 is 1.88 bits per heavy atom. The van der Waals surface area contributed by atoms with Gasteiger partial charge in [-0.25, -0.2) is 18.1 Å². The molecule has 0 aliphatic carbocycles. The maximum atomic E-state index is 11.6. The highest BCUT2D eigenvalue weighted by atomic mass is 32.2. The monoisotopic (exact) mass is 452 g/mol. The Labute approximate surface area is 186 Å². The average Bonchev–Trinajstić information content (AvgIpc) is 3.11. The number of para-hydroxylation sites is 1. The molecule has 0 bridgehead atoms. The first kappa shape index (κ1) is 22.9. The van der Waals surface area contributed by atoms with Crippen molar-refractivity contribution in [3.63, 3.8) is 0 Å². The van der Waals surface area contributed by atoms with Crippen LogP contribution in [0.3, 0.4) is 0 Å². The Hall–Kier alpha value is -3.76. The van der Waals surface area contributed by atoms with Gasteiger partial charge in [0.05, 0.1) is 12.1 Å². The van der Waals surface area contributed by atoms with Gasteiger partial charge in [-0.3, -0.25) is 10.1 Å². The third kappa shape index (κ3) is 5.48. The minimum absolute atomic E-state index is 0.126. The van der Waals surface area contributed by atoms with Gasteiger partial charge in [0.2, 0.25) is 10.0 Å². The zero-order valence-corrected chi connectivity index (χ0v) is 18.3. The molecule has 0 atom stereocenters. The molecular weight excluding hydrogens is 428 g/mol. The molecule has 0 fully saturated rings. The molecule has 9 nitrogen and oxygen atoms in total. The van der Waals surface area contributed by atoms with Crippen LogP contribution in [-0.4, -0.2) is 36.9 Å². The summed E-state index contributed by atoms with van der Waals surface area (Å²) in [6.45, 7) is 5.49. The lowest BCUT2D eigenvalue weighted by molar-refractivity contribution is 0.483. The van der Waals surface area contributed by atoms with Gasteiger partial charge in [0, 0.05) is 23.2 Å². The maximum Gasteiger partial charge on any atom is 0.233 e. The van der Waals surface area contributed by atoms with Crippen molar-refractivity contribution in [2.75, 3.05) is 6.54 Å². The number of aromatic nitrogens is 2. The van der Waals surface area contributed by atoms with Gasteiger partial charge < -0.3 is 10.5 Å². The Balaban J connectivity index is 1.91. The minimum atomic E-state index is -3.53. The number of aliphatic imine (C=N–C) groups is 1. The number of nitrogens with one attached hydrogen (secondary N) is 2. The predicted molar refractivity (Wildman–Crippen MR) is 126 cm³/mol. The summed E-state index contributed by atoms with van der Waals surface area (Å²) in [7, 11) is -3.53. The van der Waals surface area contributed by atoms with E-state index < -0.39 is 10.0 Å². The fourth-order valence-corrected chi connectivity index (χ4v) is 3.56. The fraction of sp³-hybridized carbons (Fsp3) is 0.136. The number of nitrogens with two attached hydrogens (primary N) is 1. The van der Waals surface area contributed by atoms with Crippen LogP contribution in [0.5, 0.6) is 11.5 Å². The summed E-state index contributed by atoms with van der Waals surface area (Å²) < 4.78 is 33.1. The van der Waals surface area contributed by atoms with Gasteiger partial charge in [0.1, 0.15) is 29.4 Å². The summed E-state index contributed by atoms with van der Waals surface area (Å²) in [4.78, 5) is 3.89. The van der Waals surface area contributed by atoms with Gasteiger partial charge >= 0.3 is 0 Å². The highest BCUT2D eigenvalue weighted by Crippen LogP contribution is 2.28. The molecule has 32 heavy (non-hydrogen) atoms. The van der Waals surface area contributed by atoms with Gasteiger partial charge in [-0.05, 0) is 43.3 Å². The van der Waals surface area contributed by atoms with Crippen LogP contribution >= 0.6 is 0 Å². The van der Waals surface area contributed by atoms with E-state index in [1.165, 1.54) is 0 Å². The molecule has 2 aromatic carbocycles. The summed E-state index contributed by atoms with van der Waals surface area (Å²) >= 11 is 0. The van der Waals surface area contributed by atoms with Crippen LogP contribution in [0.25, 0.3) is 11.3 Å². The fourth-order valence-electron chi connectivity index (χ4n) is 3.06. The lowest BCUT2D eigenvalue weighted by Crippen LogP contribution is -2.26. The number of sulfonamides is 1. The topological polar surface area (TPSA) is 135 Å². The molecule has 0 saturated carbocycles. The van der Waals surface area contributed by atoms with Crippen LogP contribution in [-0.2, 0) is 16.6 Å². The van der Waals surface area contributed by atoms with Crippen LogP contribution in [0.1, 0.15) is 11.3 Å². The van der Waals surface area contributed by atoms with E-state index in [0.29, 0.717) is 22.7 Å². The van der Waals surface area contributed by atoms with Gasteiger partial charge in [-0.2, -0.15) is 5.10 Å². The Morgan fingerprint density at radius 3 is 2.50 bits per heavy atom. The standard InChI is InChI=1S/C22H24N6O3S/c1-3-32(29,30)26-13-14-28-16(2)20(22(24)25-15-23)21(27-28)17-9-11-19(12-10-17)31-18-7-5-4-6-8-18/h3-12,15,26H,1,13-14H2,2H3,(H3,23,24,25). The van der Waals surface area contributed by atoms with Crippen LogP contribution in [0.15, 0.2) is 71.6 Å². The van der Waals surface area contributed by atoms with E-state index >= 15 is 0 Å². The Bertz CT molecular complexity index is 1230. The summed E-state index contributed by atoms with van der Waals surface area (Å²) in [6.07, 6.45) is 0.866. The first-order valence-electron chi connectivity index (χ1n) is 9.70. The first-order chi connectivity index (χ1) is 15.3. The van der Waals surface area contributed by atoms with E-state index in [2.05, 4.69) is 21.4 Å². The largest absolute Gasteiger partial charge is 0.457 e. The van der Waals surface area contributed by atoms with E-state index in [1.807, 2.05) is 61.5 Å². The zero-order chi connectivity index (χ0) is 23.1. The molecule has 3 aromatic rings. The molecule has 1 aromatic heterocycles. The third-order valence-corrected chi connectivity index (χ3v) is 5.66. The van der Waals surface area contributed by atoms with Crippen molar-refractivity contribution >= 4 is 22.2 Å². The highest BCUT2D eigenvalue weighted by molar-refractivity contribution is 7.92. The molecule has 3 rings (SSSR count). The van der Waals surface area contributed by atoms with Crippen molar-refractivity contribution in [2.24, 2.45) is 10.7 Å². The number of benzene rings is 2. The molecule has 0 saturated heterocycles. The second-order valence-electron chi connectivity index (χ2n) is 6.72. The van der Waals surface area contributed by atoms with E-state index in [-0.39, 0.29) is 18.9 Å². The van der Waals surface area contributed by atoms with Gasteiger partial charge in [-0.1, -0.05) is 24.8 Å². The molecule has 1 heterocycles. The Morgan fingerprint density at radius 1 is 1.22 bits per heavy atom. The van der Waals surface area contributed by atoms with Gasteiger partial charge in [0.25, 0.3) is 0 Å². The molecule has 4 N–H and O–H groups in total. The van der Waals surface area contributed by atoms with Gasteiger partial charge in [-0.15, -0.1) is 0 Å². The lowest BCUT2D eigenvalue weighted by atomic mass is 10.1. The summed E-state index contributed by atoms with van der Waals surface area (Å²) in [5.74, 6) is 1.54. The number of nitrogens with zero attached hydrogens (tertiary/aromatic N) is 3. The smallest absolute Gasteiger partial charge is 0.233 e. The Kier molecular flexibility index (Phi) is 7.18. The SMILES string of the molecule is C=CS(=O)(=O)NCCn1nc(-c2ccc(Oc3ccccc3)cc2)c(C(N)=NC=N)c1C. The molecule has 0 unspecified atom stereocenters. The molecule has 0 radical (unpaired) electrons. The highest BCUT2D eigenvalue weighted by Gasteiger charge is 2.19.